The number of nitrogens with zero attached hydrogens (tertiary/aromatic N) is 1. The van der Waals surface area contributed by atoms with Crippen LogP contribution in [0.3, 0.4) is 0 Å². The van der Waals surface area contributed by atoms with Crippen molar-refractivity contribution in [2.45, 2.75) is 19.4 Å². The first-order chi connectivity index (χ1) is 8.87. The number of hydrogen-bond acceptors (Lipinski definition) is 3. The van der Waals surface area contributed by atoms with Crippen LogP contribution in [0.15, 0.2) is 28.7 Å². The molecule has 2 N–H and O–H groups in total. The van der Waals surface area contributed by atoms with Crippen LogP contribution in [0.25, 0.3) is 0 Å². The number of carbonyl (C=O) groups is 1. The molecule has 0 amide bonds. The first-order valence-electron chi connectivity index (χ1n) is 6.36. The molecule has 104 valence electrons. The maximum absolute atomic E-state index is 11.3. The first-order valence-corrected chi connectivity index (χ1v) is 7.15. The van der Waals surface area contributed by atoms with Crippen molar-refractivity contribution < 1.29 is 9.90 Å². The monoisotopic (exact) mass is 326 g/mol. The van der Waals surface area contributed by atoms with Crippen molar-refractivity contribution >= 4 is 27.6 Å². The maximum Gasteiger partial charge on any atom is 0.309 e. The Balaban J connectivity index is 2.25. The summed E-state index contributed by atoms with van der Waals surface area (Å²) in [5.74, 6) is -1.13. The number of rotatable bonds is 2. The Morgan fingerprint density at radius 2 is 2.05 bits per heavy atom. The molecule has 0 spiro atoms. The average Bonchev–Trinajstić information content (AvgIpc) is 2.49. The second-order valence-corrected chi connectivity index (χ2v) is 6.57. The Morgan fingerprint density at radius 3 is 2.63 bits per heavy atom. The van der Waals surface area contributed by atoms with Gasteiger partial charge in [-0.2, -0.15) is 0 Å². The standard InChI is InChI=1S/C14H19BrN2O2/c1-14(2)9-17(8-10(7-16-14)13(18)19)12-5-3-11(15)4-6-12/h3-6,10,16H,7-9H2,1-2H3,(H,18,19). The van der Waals surface area contributed by atoms with E-state index in [-0.39, 0.29) is 11.5 Å². The fourth-order valence-corrected chi connectivity index (χ4v) is 2.61. The van der Waals surface area contributed by atoms with Crippen molar-refractivity contribution in [2.75, 3.05) is 24.5 Å². The van der Waals surface area contributed by atoms with Crippen LogP contribution in [0, 0.1) is 5.92 Å². The number of aliphatic carboxylic acids is 1. The van der Waals surface area contributed by atoms with Gasteiger partial charge >= 0.3 is 5.97 Å². The van der Waals surface area contributed by atoms with Crippen LogP contribution in [-0.2, 0) is 4.79 Å². The molecule has 1 aromatic carbocycles. The SMILES string of the molecule is CC1(C)CN(c2ccc(Br)cc2)CC(C(=O)O)CN1. The van der Waals surface area contributed by atoms with Gasteiger partial charge in [-0.15, -0.1) is 0 Å². The number of halogens is 1. The molecule has 19 heavy (non-hydrogen) atoms. The molecule has 1 aliphatic heterocycles. The van der Waals surface area contributed by atoms with E-state index < -0.39 is 5.97 Å². The molecule has 1 aromatic rings. The summed E-state index contributed by atoms with van der Waals surface area (Å²) in [5, 5.41) is 12.6. The number of anilines is 1. The summed E-state index contributed by atoms with van der Waals surface area (Å²) in [6, 6.07) is 8.00. The third-order valence-electron chi connectivity index (χ3n) is 3.39. The van der Waals surface area contributed by atoms with E-state index >= 15 is 0 Å². The quantitative estimate of drug-likeness (QED) is 0.875. The minimum absolute atomic E-state index is 0.0999. The summed E-state index contributed by atoms with van der Waals surface area (Å²) in [7, 11) is 0. The van der Waals surface area contributed by atoms with Gasteiger partial charge in [0.25, 0.3) is 0 Å². The number of benzene rings is 1. The number of nitrogens with one attached hydrogen (secondary N) is 1. The second-order valence-electron chi connectivity index (χ2n) is 5.66. The molecule has 0 saturated carbocycles. The molecule has 0 aromatic heterocycles. The Labute approximate surface area is 121 Å². The van der Waals surface area contributed by atoms with Gasteiger partial charge in [0.15, 0.2) is 0 Å². The van der Waals surface area contributed by atoms with E-state index in [2.05, 4.69) is 40.0 Å². The third kappa shape index (κ3) is 3.70. The lowest BCUT2D eigenvalue weighted by atomic mass is 10.1. The van der Waals surface area contributed by atoms with Gasteiger partial charge in [-0.1, -0.05) is 15.9 Å². The Morgan fingerprint density at radius 1 is 1.42 bits per heavy atom. The van der Waals surface area contributed by atoms with Gasteiger partial charge in [0, 0.05) is 35.3 Å². The molecular weight excluding hydrogens is 308 g/mol. The molecular formula is C14H19BrN2O2. The molecule has 1 unspecified atom stereocenters. The van der Waals surface area contributed by atoms with Crippen molar-refractivity contribution in [1.82, 2.24) is 5.32 Å². The summed E-state index contributed by atoms with van der Waals surface area (Å²) in [6.07, 6.45) is 0. The lowest BCUT2D eigenvalue weighted by molar-refractivity contribution is -0.141. The summed E-state index contributed by atoms with van der Waals surface area (Å²) in [5.41, 5.74) is 0.961. The van der Waals surface area contributed by atoms with Crippen molar-refractivity contribution in [2.24, 2.45) is 5.92 Å². The fourth-order valence-electron chi connectivity index (χ4n) is 2.34. The van der Waals surface area contributed by atoms with Crippen LogP contribution in [0.2, 0.25) is 0 Å². The van der Waals surface area contributed by atoms with E-state index in [1.54, 1.807) is 0 Å². The smallest absolute Gasteiger partial charge is 0.309 e. The molecule has 1 saturated heterocycles. The van der Waals surface area contributed by atoms with Gasteiger partial charge in [0.2, 0.25) is 0 Å². The topological polar surface area (TPSA) is 52.6 Å². The largest absolute Gasteiger partial charge is 0.481 e. The van der Waals surface area contributed by atoms with Crippen molar-refractivity contribution in [1.29, 1.82) is 0 Å². The van der Waals surface area contributed by atoms with E-state index in [9.17, 15) is 9.90 Å². The van der Waals surface area contributed by atoms with Crippen molar-refractivity contribution in [3.63, 3.8) is 0 Å². The first kappa shape index (κ1) is 14.3. The molecule has 2 rings (SSSR count). The van der Waals surface area contributed by atoms with Crippen molar-refractivity contribution in [3.05, 3.63) is 28.7 Å². The second kappa shape index (κ2) is 5.51. The van der Waals surface area contributed by atoms with E-state index in [0.29, 0.717) is 13.1 Å². The van der Waals surface area contributed by atoms with Gasteiger partial charge in [-0.05, 0) is 38.1 Å². The van der Waals surface area contributed by atoms with Crippen LogP contribution >= 0.6 is 15.9 Å². The summed E-state index contributed by atoms with van der Waals surface area (Å²) in [4.78, 5) is 13.4. The highest BCUT2D eigenvalue weighted by Crippen LogP contribution is 2.23. The minimum Gasteiger partial charge on any atom is -0.481 e. The normalized spacial score (nSPS) is 22.9. The molecule has 0 radical (unpaired) electrons. The van der Waals surface area contributed by atoms with E-state index in [1.807, 2.05) is 24.3 Å². The predicted octanol–water partition coefficient (Wildman–Crippen LogP) is 2.34. The summed E-state index contributed by atoms with van der Waals surface area (Å²) < 4.78 is 1.03. The van der Waals surface area contributed by atoms with Gasteiger partial charge in [-0.3, -0.25) is 4.79 Å². The van der Waals surface area contributed by atoms with Crippen LogP contribution in [0.1, 0.15) is 13.8 Å². The van der Waals surface area contributed by atoms with Gasteiger partial charge in [0.1, 0.15) is 0 Å². The number of hydrogen-bond donors (Lipinski definition) is 2. The lowest BCUT2D eigenvalue weighted by Gasteiger charge is -2.31. The molecule has 0 aliphatic carbocycles. The van der Waals surface area contributed by atoms with E-state index in [4.69, 9.17) is 0 Å². The van der Waals surface area contributed by atoms with Crippen LogP contribution in [-0.4, -0.2) is 36.2 Å². The van der Waals surface area contributed by atoms with Crippen LogP contribution in [0.4, 0.5) is 5.69 Å². The average molecular weight is 327 g/mol. The van der Waals surface area contributed by atoms with Gasteiger partial charge in [-0.25, -0.2) is 0 Å². The lowest BCUT2D eigenvalue weighted by Crippen LogP contribution is -2.46. The Hall–Kier alpha value is -1.07. The molecule has 1 heterocycles. The number of carboxylic acid groups (broad SMARTS) is 1. The summed E-state index contributed by atoms with van der Waals surface area (Å²) >= 11 is 3.42. The predicted molar refractivity (Wildman–Crippen MR) is 79.6 cm³/mol. The Kier molecular flexibility index (Phi) is 4.16. The van der Waals surface area contributed by atoms with Crippen LogP contribution in [0.5, 0.6) is 0 Å². The number of carboxylic acids is 1. The third-order valence-corrected chi connectivity index (χ3v) is 3.92. The van der Waals surface area contributed by atoms with E-state index in [0.717, 1.165) is 16.7 Å². The minimum atomic E-state index is -0.743. The fraction of sp³-hybridized carbons (Fsp3) is 0.500. The zero-order chi connectivity index (χ0) is 14.0. The van der Waals surface area contributed by atoms with Gasteiger partial charge < -0.3 is 15.3 Å². The maximum atomic E-state index is 11.3. The highest BCUT2D eigenvalue weighted by Gasteiger charge is 2.31. The summed E-state index contributed by atoms with van der Waals surface area (Å²) in [6.45, 7) is 6.04. The molecule has 1 fully saturated rings. The highest BCUT2D eigenvalue weighted by atomic mass is 79.9. The van der Waals surface area contributed by atoms with Gasteiger partial charge in [0.05, 0.1) is 5.92 Å². The molecule has 1 aliphatic rings. The van der Waals surface area contributed by atoms with Crippen molar-refractivity contribution in [3.8, 4) is 0 Å². The molecule has 4 nitrogen and oxygen atoms in total. The molecule has 5 heteroatoms. The zero-order valence-corrected chi connectivity index (χ0v) is 12.8. The highest BCUT2D eigenvalue weighted by molar-refractivity contribution is 9.10. The zero-order valence-electron chi connectivity index (χ0n) is 11.2. The Bertz CT molecular complexity index is 459. The molecule has 0 bridgehead atoms. The van der Waals surface area contributed by atoms with Crippen LogP contribution < -0.4 is 10.2 Å². The van der Waals surface area contributed by atoms with E-state index in [1.165, 1.54) is 0 Å². The molecule has 1 atom stereocenters.